The van der Waals surface area contributed by atoms with E-state index in [1.807, 2.05) is 6.08 Å². The second-order valence-electron chi connectivity index (χ2n) is 13.2. The summed E-state index contributed by atoms with van der Waals surface area (Å²) in [5, 5.41) is 11.2. The molecule has 0 spiro atoms. The number of Topliss-reactive ketones (excluding diaryl/α,β-unsaturated/α-hetero) is 1. The van der Waals surface area contributed by atoms with E-state index < -0.39 is 20.3 Å². The lowest BCUT2D eigenvalue weighted by molar-refractivity contribution is -0.141. The number of ether oxygens (including phenoxy) is 2. The monoisotopic (exact) mass is 634 g/mol. The molecule has 43 heavy (non-hydrogen) atoms. The largest absolute Gasteiger partial charge is 0.469 e. The van der Waals surface area contributed by atoms with Crippen LogP contribution in [0, 0.1) is 29.6 Å². The lowest BCUT2D eigenvalue weighted by atomic mass is 9.88. The Hall–Kier alpha value is -1.86. The van der Waals surface area contributed by atoms with Crippen LogP contribution in [0.1, 0.15) is 91.4 Å². The maximum absolute atomic E-state index is 13.6. The van der Waals surface area contributed by atoms with Crippen molar-refractivity contribution < 1.29 is 33.4 Å². The predicted octanol–water partition coefficient (Wildman–Crippen LogP) is 7.00. The van der Waals surface area contributed by atoms with Crippen LogP contribution < -0.4 is 0 Å². The van der Waals surface area contributed by atoms with Gasteiger partial charge < -0.3 is 19.0 Å². The number of hydrogen-bond donors (Lipinski definition) is 1. The third-order valence-corrected chi connectivity index (χ3v) is 14.6. The second kappa shape index (κ2) is 18.2. The van der Waals surface area contributed by atoms with Gasteiger partial charge in [0.15, 0.2) is 14.1 Å². The summed E-state index contributed by atoms with van der Waals surface area (Å²) in [5.41, 5.74) is 0. The van der Waals surface area contributed by atoms with Crippen LogP contribution in [0.4, 0.5) is 0 Å². The smallest absolute Gasteiger partial charge is 0.305 e. The molecule has 2 aliphatic rings. The molecule has 2 rings (SSSR count). The third kappa shape index (κ3) is 12.2. The quantitative estimate of drug-likeness (QED) is 0.0637. The van der Waals surface area contributed by atoms with E-state index in [2.05, 4.69) is 62.6 Å². The van der Waals surface area contributed by atoms with Crippen LogP contribution in [-0.2, 0) is 28.3 Å². The number of hydrogen-bond acceptors (Lipinski definition) is 8. The minimum absolute atomic E-state index is 0.0133. The van der Waals surface area contributed by atoms with Gasteiger partial charge in [0, 0.05) is 30.1 Å². The molecular formula is C34H54O7SSi. The summed E-state index contributed by atoms with van der Waals surface area (Å²) in [5.74, 6) is 5.55. The molecule has 0 amide bonds. The highest BCUT2D eigenvalue weighted by Crippen LogP contribution is 2.41. The number of unbranched alkanes of at least 4 members (excludes halogenated alkanes) is 3. The molecule has 0 aromatic carbocycles. The topological polar surface area (TPSA) is 99.1 Å². The maximum Gasteiger partial charge on any atom is 0.305 e. The van der Waals surface area contributed by atoms with Gasteiger partial charge in [-0.2, -0.15) is 0 Å². The van der Waals surface area contributed by atoms with Crippen molar-refractivity contribution in [1.82, 2.24) is 0 Å². The zero-order chi connectivity index (χ0) is 32.0. The molecule has 0 aromatic heterocycles. The van der Waals surface area contributed by atoms with Gasteiger partial charge in [0.25, 0.3) is 0 Å². The van der Waals surface area contributed by atoms with Crippen molar-refractivity contribution in [3.63, 3.8) is 0 Å². The zero-order valence-electron chi connectivity index (χ0n) is 27.4. The fraction of sp³-hybridized carbons (Fsp3) is 0.735. The van der Waals surface area contributed by atoms with E-state index in [0.29, 0.717) is 30.1 Å². The molecular weight excluding hydrogens is 581 g/mol. The van der Waals surface area contributed by atoms with E-state index >= 15 is 0 Å². The molecule has 9 heteroatoms. The van der Waals surface area contributed by atoms with E-state index in [1.165, 1.54) is 38.8 Å². The van der Waals surface area contributed by atoms with Crippen molar-refractivity contribution in [1.29, 1.82) is 0 Å². The summed E-state index contributed by atoms with van der Waals surface area (Å²) in [6.07, 6.45) is 14.0. The first-order valence-electron chi connectivity index (χ1n) is 15.9. The van der Waals surface area contributed by atoms with E-state index in [-0.39, 0.29) is 41.2 Å². The summed E-state index contributed by atoms with van der Waals surface area (Å²) in [6.45, 7) is 11.3. The highest BCUT2D eigenvalue weighted by atomic mass is 32.2. The standard InChI is InChI=1S/C34H54O7SSi/c1-34(2,3)43(6,7)41-28(25-16-13-14-17-25)22-21-26-24-29(42-23-15-9-12-20-31(37)40-5)33(38)32(26)27(35)18-10-8-11-19-30(36)39-4/h21-22,24-28,32,35H,8-9,11-17,19-20,23H2,1-7H3. The Kier molecular flexibility index (Phi) is 15.8. The summed E-state index contributed by atoms with van der Waals surface area (Å²) >= 11 is 1.52. The lowest BCUT2D eigenvalue weighted by Crippen LogP contribution is -2.45. The van der Waals surface area contributed by atoms with Gasteiger partial charge in [-0.3, -0.25) is 14.4 Å². The van der Waals surface area contributed by atoms with Gasteiger partial charge in [0.1, 0.15) is 6.10 Å². The number of allylic oxidation sites excluding steroid dienone is 3. The number of carbonyl (C=O) groups excluding carboxylic acids is 3. The van der Waals surface area contributed by atoms with E-state index in [9.17, 15) is 19.5 Å². The third-order valence-electron chi connectivity index (χ3n) is 8.94. The van der Waals surface area contributed by atoms with Crippen molar-refractivity contribution in [2.24, 2.45) is 17.8 Å². The van der Waals surface area contributed by atoms with Crippen LogP contribution >= 0.6 is 11.8 Å². The minimum atomic E-state index is -2.02. The van der Waals surface area contributed by atoms with Crippen LogP contribution in [0.25, 0.3) is 0 Å². The number of esters is 2. The van der Waals surface area contributed by atoms with Crippen LogP contribution in [0.5, 0.6) is 0 Å². The van der Waals surface area contributed by atoms with Crippen molar-refractivity contribution in [2.45, 2.75) is 122 Å². The number of ketones is 1. The first-order chi connectivity index (χ1) is 20.3. The molecule has 0 aliphatic heterocycles. The molecule has 1 saturated carbocycles. The Bertz CT molecular complexity index is 1040. The summed E-state index contributed by atoms with van der Waals surface area (Å²) < 4.78 is 16.3. The van der Waals surface area contributed by atoms with Crippen LogP contribution in [0.3, 0.4) is 0 Å². The minimum Gasteiger partial charge on any atom is -0.469 e. The van der Waals surface area contributed by atoms with Gasteiger partial charge in [-0.25, -0.2) is 0 Å². The number of methoxy groups -OCH3 is 2. The van der Waals surface area contributed by atoms with Gasteiger partial charge in [-0.05, 0) is 61.9 Å². The van der Waals surface area contributed by atoms with Gasteiger partial charge in [0.2, 0.25) is 0 Å². The van der Waals surface area contributed by atoms with Crippen LogP contribution in [0.2, 0.25) is 18.1 Å². The first kappa shape index (κ1) is 37.3. The molecule has 4 atom stereocenters. The highest BCUT2D eigenvalue weighted by Gasteiger charge is 2.42. The average Bonchev–Trinajstić information content (AvgIpc) is 3.60. The Morgan fingerprint density at radius 1 is 1.07 bits per heavy atom. The van der Waals surface area contributed by atoms with Crippen molar-refractivity contribution in [3.05, 3.63) is 23.1 Å². The molecule has 0 saturated heterocycles. The number of rotatable bonds is 16. The van der Waals surface area contributed by atoms with Crippen molar-refractivity contribution in [3.8, 4) is 11.8 Å². The molecule has 2 aliphatic carbocycles. The number of carbonyl (C=O) groups is 3. The number of thioether (sulfide) groups is 1. The molecule has 7 nitrogen and oxygen atoms in total. The Morgan fingerprint density at radius 3 is 2.30 bits per heavy atom. The number of aliphatic hydroxyl groups excluding tert-OH is 1. The van der Waals surface area contributed by atoms with Crippen molar-refractivity contribution >= 4 is 37.8 Å². The van der Waals surface area contributed by atoms with E-state index in [4.69, 9.17) is 9.16 Å². The predicted molar refractivity (Wildman–Crippen MR) is 176 cm³/mol. The summed E-state index contributed by atoms with van der Waals surface area (Å²) in [7, 11) is 0.730. The number of aliphatic hydroxyl groups is 1. The molecule has 1 fully saturated rings. The molecule has 0 radical (unpaired) electrons. The fourth-order valence-electron chi connectivity index (χ4n) is 5.20. The molecule has 1 N–H and O–H groups in total. The van der Waals surface area contributed by atoms with Crippen LogP contribution in [0.15, 0.2) is 23.1 Å². The van der Waals surface area contributed by atoms with Gasteiger partial charge >= 0.3 is 11.9 Å². The molecule has 0 bridgehead atoms. The SMILES string of the molecule is COC(=O)CCCC#CC(O)C1C(=O)C(SCCCCCC(=O)OC)=CC1C=CC(O[Si](C)(C)C(C)(C)C)C1CCCC1. The lowest BCUT2D eigenvalue weighted by Gasteiger charge is -2.40. The summed E-state index contributed by atoms with van der Waals surface area (Å²) in [4.78, 5) is 37.0. The molecule has 0 aromatic rings. The van der Waals surface area contributed by atoms with E-state index in [1.54, 1.807) is 0 Å². The normalized spacial score (nSPS) is 20.9. The van der Waals surface area contributed by atoms with Gasteiger partial charge in [0.05, 0.1) is 26.2 Å². The second-order valence-corrected chi connectivity index (χ2v) is 19.1. The van der Waals surface area contributed by atoms with Crippen LogP contribution in [-0.4, -0.2) is 63.3 Å². The van der Waals surface area contributed by atoms with E-state index in [0.717, 1.165) is 37.9 Å². The fourth-order valence-corrected chi connectivity index (χ4v) is 7.61. The molecule has 0 heterocycles. The Labute approximate surface area is 265 Å². The highest BCUT2D eigenvalue weighted by molar-refractivity contribution is 8.04. The average molecular weight is 635 g/mol. The van der Waals surface area contributed by atoms with Gasteiger partial charge in [-0.1, -0.05) is 64.2 Å². The van der Waals surface area contributed by atoms with Gasteiger partial charge in [-0.15, -0.1) is 17.7 Å². The van der Waals surface area contributed by atoms with Crippen molar-refractivity contribution in [2.75, 3.05) is 20.0 Å². The molecule has 242 valence electrons. The first-order valence-corrected chi connectivity index (χ1v) is 19.7. The summed E-state index contributed by atoms with van der Waals surface area (Å²) in [6, 6.07) is 0. The Morgan fingerprint density at radius 2 is 1.70 bits per heavy atom. The maximum atomic E-state index is 13.6. The Balaban J connectivity index is 2.19. The molecule has 4 unspecified atom stereocenters. The zero-order valence-corrected chi connectivity index (χ0v) is 29.2.